The summed E-state index contributed by atoms with van der Waals surface area (Å²) in [6.45, 7) is 3.86. The van der Waals surface area contributed by atoms with Gasteiger partial charge in [0.1, 0.15) is 4.90 Å². The first kappa shape index (κ1) is 16.0. The summed E-state index contributed by atoms with van der Waals surface area (Å²) < 4.78 is 27.0. The highest BCUT2D eigenvalue weighted by Gasteiger charge is 2.20. The van der Waals surface area contributed by atoms with Crippen LogP contribution in [0.5, 0.6) is 0 Å². The van der Waals surface area contributed by atoms with Gasteiger partial charge in [0.25, 0.3) is 0 Å². The predicted molar refractivity (Wildman–Crippen MR) is 75.5 cm³/mol. The maximum Gasteiger partial charge on any atom is 0.242 e. The van der Waals surface area contributed by atoms with Crippen molar-refractivity contribution in [3.8, 4) is 6.07 Å². The summed E-state index contributed by atoms with van der Waals surface area (Å²) in [6.07, 6.45) is 2.73. The first-order valence-corrected chi connectivity index (χ1v) is 7.98. The molecule has 6 heteroatoms. The zero-order valence-corrected chi connectivity index (χ0v) is 12.6. The SMILES string of the molecule is CCCCC(C)NS(=O)(=O)c1cc(C#N)ccc1Cl. The van der Waals surface area contributed by atoms with E-state index in [4.69, 9.17) is 16.9 Å². The van der Waals surface area contributed by atoms with Crippen molar-refractivity contribution in [2.45, 2.75) is 44.0 Å². The van der Waals surface area contributed by atoms with Crippen LogP contribution in [-0.2, 0) is 10.0 Å². The molecular formula is C13H17ClN2O2S. The second kappa shape index (κ2) is 6.90. The molecule has 0 fully saturated rings. The van der Waals surface area contributed by atoms with Crippen molar-refractivity contribution in [3.05, 3.63) is 28.8 Å². The standard InChI is InChI=1S/C13H17ClN2O2S/c1-3-4-5-10(2)16-19(17,18)13-8-11(9-15)6-7-12(13)14/h6-8,10,16H,3-5H2,1-2H3. The third kappa shape index (κ3) is 4.50. The monoisotopic (exact) mass is 300 g/mol. The average molecular weight is 301 g/mol. The minimum atomic E-state index is -3.69. The molecule has 0 aromatic heterocycles. The van der Waals surface area contributed by atoms with Crippen LogP contribution in [0.25, 0.3) is 0 Å². The Morgan fingerprint density at radius 2 is 2.16 bits per heavy atom. The lowest BCUT2D eigenvalue weighted by Crippen LogP contribution is -2.32. The lowest BCUT2D eigenvalue weighted by Gasteiger charge is -2.14. The number of hydrogen-bond donors (Lipinski definition) is 1. The van der Waals surface area contributed by atoms with E-state index in [0.717, 1.165) is 19.3 Å². The number of halogens is 1. The molecule has 0 spiro atoms. The van der Waals surface area contributed by atoms with Gasteiger partial charge in [-0.05, 0) is 31.5 Å². The van der Waals surface area contributed by atoms with Gasteiger partial charge >= 0.3 is 0 Å². The molecule has 1 aromatic rings. The summed E-state index contributed by atoms with van der Waals surface area (Å²) in [5.74, 6) is 0. The number of nitrogens with one attached hydrogen (secondary N) is 1. The molecule has 1 atom stereocenters. The van der Waals surface area contributed by atoms with Crippen molar-refractivity contribution in [1.82, 2.24) is 4.72 Å². The molecule has 0 aliphatic carbocycles. The number of nitriles is 1. The van der Waals surface area contributed by atoms with E-state index in [1.165, 1.54) is 18.2 Å². The maximum atomic E-state index is 12.2. The Morgan fingerprint density at radius 1 is 1.47 bits per heavy atom. The van der Waals surface area contributed by atoms with E-state index < -0.39 is 10.0 Å². The van der Waals surface area contributed by atoms with Gasteiger partial charge in [-0.1, -0.05) is 31.4 Å². The predicted octanol–water partition coefficient (Wildman–Crippen LogP) is 3.07. The number of rotatable bonds is 6. The second-order valence-corrected chi connectivity index (χ2v) is 6.51. The molecule has 0 heterocycles. The van der Waals surface area contributed by atoms with Gasteiger partial charge in [-0.15, -0.1) is 0 Å². The fourth-order valence-electron chi connectivity index (χ4n) is 1.68. The molecule has 0 amide bonds. The number of benzene rings is 1. The Kier molecular flexibility index (Phi) is 5.80. The largest absolute Gasteiger partial charge is 0.242 e. The third-order valence-electron chi connectivity index (χ3n) is 2.70. The first-order chi connectivity index (χ1) is 8.90. The Hall–Kier alpha value is -1.09. The molecule has 0 aliphatic rings. The molecule has 1 rings (SSSR count). The molecular weight excluding hydrogens is 284 g/mol. The number of sulfonamides is 1. The van der Waals surface area contributed by atoms with Crippen LogP contribution >= 0.6 is 11.6 Å². The number of nitrogens with zero attached hydrogens (tertiary/aromatic N) is 1. The van der Waals surface area contributed by atoms with Crippen LogP contribution in [0.4, 0.5) is 0 Å². The van der Waals surface area contributed by atoms with Crippen LogP contribution in [-0.4, -0.2) is 14.5 Å². The molecule has 0 bridgehead atoms. The minimum absolute atomic E-state index is 0.0448. The smallest absolute Gasteiger partial charge is 0.208 e. The zero-order chi connectivity index (χ0) is 14.5. The van der Waals surface area contributed by atoms with E-state index in [0.29, 0.717) is 0 Å². The fraction of sp³-hybridized carbons (Fsp3) is 0.462. The third-order valence-corrected chi connectivity index (χ3v) is 4.77. The number of hydrogen-bond acceptors (Lipinski definition) is 3. The average Bonchev–Trinajstić information content (AvgIpc) is 2.36. The zero-order valence-electron chi connectivity index (χ0n) is 11.0. The number of unbranched alkanes of at least 4 members (excludes halogenated alkanes) is 1. The van der Waals surface area contributed by atoms with Crippen molar-refractivity contribution in [2.24, 2.45) is 0 Å². The first-order valence-electron chi connectivity index (χ1n) is 6.12. The van der Waals surface area contributed by atoms with Crippen molar-refractivity contribution < 1.29 is 8.42 Å². The van der Waals surface area contributed by atoms with Crippen LogP contribution in [0.15, 0.2) is 23.1 Å². The topological polar surface area (TPSA) is 70.0 Å². The van der Waals surface area contributed by atoms with Crippen LogP contribution in [0.3, 0.4) is 0 Å². The molecule has 1 aromatic carbocycles. The van der Waals surface area contributed by atoms with Gasteiger partial charge in [-0.2, -0.15) is 5.26 Å². The molecule has 0 radical (unpaired) electrons. The van der Waals surface area contributed by atoms with Gasteiger partial charge in [-0.3, -0.25) is 0 Å². The quantitative estimate of drug-likeness (QED) is 0.877. The summed E-state index contributed by atoms with van der Waals surface area (Å²) in [7, 11) is -3.69. The van der Waals surface area contributed by atoms with Gasteiger partial charge in [0, 0.05) is 6.04 Å². The molecule has 0 saturated carbocycles. The molecule has 1 N–H and O–H groups in total. The summed E-state index contributed by atoms with van der Waals surface area (Å²) in [5, 5.41) is 8.93. The molecule has 0 saturated heterocycles. The van der Waals surface area contributed by atoms with Crippen molar-refractivity contribution in [1.29, 1.82) is 5.26 Å². The normalized spacial score (nSPS) is 12.9. The van der Waals surface area contributed by atoms with Crippen molar-refractivity contribution in [2.75, 3.05) is 0 Å². The summed E-state index contributed by atoms with van der Waals surface area (Å²) >= 11 is 5.90. The van der Waals surface area contributed by atoms with E-state index in [1.54, 1.807) is 0 Å². The highest BCUT2D eigenvalue weighted by atomic mass is 35.5. The van der Waals surface area contributed by atoms with Crippen molar-refractivity contribution in [3.63, 3.8) is 0 Å². The highest BCUT2D eigenvalue weighted by molar-refractivity contribution is 7.89. The molecule has 19 heavy (non-hydrogen) atoms. The Morgan fingerprint density at radius 3 is 2.74 bits per heavy atom. The van der Waals surface area contributed by atoms with Gasteiger partial charge in [-0.25, -0.2) is 13.1 Å². The van der Waals surface area contributed by atoms with E-state index in [1.807, 2.05) is 13.0 Å². The Balaban J connectivity index is 2.97. The molecule has 104 valence electrons. The van der Waals surface area contributed by atoms with E-state index in [-0.39, 0.29) is 21.5 Å². The Bertz CT molecular complexity index is 579. The minimum Gasteiger partial charge on any atom is -0.208 e. The van der Waals surface area contributed by atoms with Crippen LogP contribution < -0.4 is 4.72 Å². The summed E-state index contributed by atoms with van der Waals surface area (Å²) in [6, 6.07) is 5.94. The van der Waals surface area contributed by atoms with E-state index in [2.05, 4.69) is 11.6 Å². The van der Waals surface area contributed by atoms with Gasteiger partial charge in [0.05, 0.1) is 16.7 Å². The van der Waals surface area contributed by atoms with Gasteiger partial charge < -0.3 is 0 Å². The van der Waals surface area contributed by atoms with E-state index >= 15 is 0 Å². The fourth-order valence-corrected chi connectivity index (χ4v) is 3.48. The van der Waals surface area contributed by atoms with Gasteiger partial charge in [0.15, 0.2) is 0 Å². The maximum absolute atomic E-state index is 12.2. The van der Waals surface area contributed by atoms with E-state index in [9.17, 15) is 8.42 Å². The molecule has 1 unspecified atom stereocenters. The van der Waals surface area contributed by atoms with Crippen LogP contribution in [0.2, 0.25) is 5.02 Å². The molecule has 4 nitrogen and oxygen atoms in total. The van der Waals surface area contributed by atoms with Gasteiger partial charge in [0.2, 0.25) is 10.0 Å². The summed E-state index contributed by atoms with van der Waals surface area (Å²) in [4.78, 5) is -0.0448. The molecule has 0 aliphatic heterocycles. The Labute approximate surface area is 119 Å². The summed E-state index contributed by atoms with van der Waals surface area (Å²) in [5.41, 5.74) is 0.269. The second-order valence-electron chi connectivity index (χ2n) is 4.42. The van der Waals surface area contributed by atoms with Crippen LogP contribution in [0.1, 0.15) is 38.7 Å². The van der Waals surface area contributed by atoms with Crippen molar-refractivity contribution >= 4 is 21.6 Å². The lowest BCUT2D eigenvalue weighted by molar-refractivity contribution is 0.534. The lowest BCUT2D eigenvalue weighted by atomic mass is 10.2. The highest BCUT2D eigenvalue weighted by Crippen LogP contribution is 2.22. The van der Waals surface area contributed by atoms with Crippen LogP contribution in [0, 0.1) is 11.3 Å².